The molecule has 0 aliphatic carbocycles. The highest BCUT2D eigenvalue weighted by atomic mass is 16.4. The van der Waals surface area contributed by atoms with Crippen LogP contribution in [0.3, 0.4) is 0 Å². The lowest BCUT2D eigenvalue weighted by molar-refractivity contribution is -0.121. The fourth-order valence-electron chi connectivity index (χ4n) is 5.82. The number of benzene rings is 3. The van der Waals surface area contributed by atoms with Crippen LogP contribution >= 0.6 is 0 Å². The fraction of sp³-hybridized carbons (Fsp3) is 0.233. The summed E-state index contributed by atoms with van der Waals surface area (Å²) in [7, 11) is 2.03. The molecule has 1 atom stereocenters. The molecule has 0 saturated carbocycles. The highest BCUT2D eigenvalue weighted by molar-refractivity contribution is 6.02. The molecule has 1 aromatic heterocycles. The molecule has 8 nitrogen and oxygen atoms in total. The molecule has 0 fully saturated rings. The topological polar surface area (TPSA) is 94.9 Å². The van der Waals surface area contributed by atoms with Crippen molar-refractivity contribution in [2.24, 2.45) is 0 Å². The van der Waals surface area contributed by atoms with Crippen molar-refractivity contribution in [3.05, 3.63) is 101 Å². The average molecular weight is 509 g/mol. The monoisotopic (exact) mass is 508 g/mol. The number of fused-ring (bicyclic) bond motifs is 6. The van der Waals surface area contributed by atoms with E-state index in [1.165, 1.54) is 23.1 Å². The van der Waals surface area contributed by atoms with E-state index in [2.05, 4.69) is 26.9 Å². The van der Waals surface area contributed by atoms with Gasteiger partial charge in [0.2, 0.25) is 5.91 Å². The van der Waals surface area contributed by atoms with Crippen LogP contribution in [-0.2, 0) is 24.3 Å². The zero-order valence-corrected chi connectivity index (χ0v) is 21.1. The Morgan fingerprint density at radius 2 is 1.74 bits per heavy atom. The van der Waals surface area contributed by atoms with Crippen LogP contribution in [0, 0.1) is 0 Å². The summed E-state index contributed by atoms with van der Waals surface area (Å²) in [5.41, 5.74) is 6.05. The zero-order valence-electron chi connectivity index (χ0n) is 21.1. The summed E-state index contributed by atoms with van der Waals surface area (Å²) in [6, 6.07) is 22.5. The quantitative estimate of drug-likeness (QED) is 0.407. The number of carboxylic acid groups (broad SMARTS) is 1. The minimum absolute atomic E-state index is 0.0396. The zero-order chi connectivity index (χ0) is 26.4. The fourth-order valence-corrected chi connectivity index (χ4v) is 5.82. The van der Waals surface area contributed by atoms with Gasteiger partial charge in [0.05, 0.1) is 22.5 Å². The summed E-state index contributed by atoms with van der Waals surface area (Å²) < 4.78 is 2.21. The molecule has 192 valence electrons. The highest BCUT2D eigenvalue weighted by Crippen LogP contribution is 2.44. The maximum absolute atomic E-state index is 13.5. The molecule has 8 heteroatoms. The predicted octanol–water partition coefficient (Wildman–Crippen LogP) is 4.19. The van der Waals surface area contributed by atoms with Crippen LogP contribution in [0.1, 0.15) is 50.1 Å². The van der Waals surface area contributed by atoms with E-state index in [9.17, 15) is 14.4 Å². The number of hydrogen-bond acceptors (Lipinski definition) is 4. The van der Waals surface area contributed by atoms with Gasteiger partial charge in [0.1, 0.15) is 6.17 Å². The molecule has 2 amide bonds. The largest absolute Gasteiger partial charge is 0.478 e. The molecular formula is C30H28N4O4. The number of aromatic nitrogens is 1. The first-order chi connectivity index (χ1) is 18.4. The van der Waals surface area contributed by atoms with E-state index < -0.39 is 5.97 Å². The molecule has 2 aliphatic rings. The van der Waals surface area contributed by atoms with Crippen molar-refractivity contribution in [2.75, 3.05) is 18.5 Å². The van der Waals surface area contributed by atoms with Gasteiger partial charge < -0.3 is 24.8 Å². The lowest BCUT2D eigenvalue weighted by Crippen LogP contribution is -2.51. The Hall–Kier alpha value is -4.59. The second-order valence-corrected chi connectivity index (χ2v) is 9.81. The van der Waals surface area contributed by atoms with E-state index in [1.54, 1.807) is 12.1 Å². The number of carboxylic acids is 1. The smallest absolute Gasteiger partial charge is 0.335 e. The maximum Gasteiger partial charge on any atom is 0.335 e. The number of amides is 2. The van der Waals surface area contributed by atoms with E-state index in [0.717, 1.165) is 28.9 Å². The SMILES string of the molecule is CN1c2ccccc2C(=O)N2CCc3c(n(CCC(=O)NCc4ccc(C(=O)O)cc4)c4ccccc34)[C@@H]21. The van der Waals surface area contributed by atoms with Crippen molar-refractivity contribution in [1.29, 1.82) is 0 Å². The molecule has 3 aromatic carbocycles. The van der Waals surface area contributed by atoms with Gasteiger partial charge in [-0.2, -0.15) is 0 Å². The van der Waals surface area contributed by atoms with Gasteiger partial charge in [0.25, 0.3) is 5.91 Å². The van der Waals surface area contributed by atoms with Crippen molar-refractivity contribution in [3.8, 4) is 0 Å². The number of rotatable bonds is 6. The number of carbonyl (C=O) groups excluding carboxylic acids is 2. The molecule has 4 aromatic rings. The normalized spacial score (nSPS) is 16.1. The first-order valence-electron chi connectivity index (χ1n) is 12.8. The summed E-state index contributed by atoms with van der Waals surface area (Å²) in [6.07, 6.45) is 0.795. The molecule has 0 radical (unpaired) electrons. The Morgan fingerprint density at radius 3 is 2.53 bits per heavy atom. The van der Waals surface area contributed by atoms with Crippen LogP contribution in [0.25, 0.3) is 10.9 Å². The number of aryl methyl sites for hydroxylation is 1. The predicted molar refractivity (Wildman–Crippen MR) is 144 cm³/mol. The number of carbonyl (C=O) groups is 3. The second-order valence-electron chi connectivity index (χ2n) is 9.81. The van der Waals surface area contributed by atoms with Crippen molar-refractivity contribution in [3.63, 3.8) is 0 Å². The molecule has 0 saturated heterocycles. The van der Waals surface area contributed by atoms with Gasteiger partial charge in [-0.15, -0.1) is 0 Å². The molecule has 38 heavy (non-hydrogen) atoms. The third-order valence-corrected chi connectivity index (χ3v) is 7.66. The number of para-hydroxylation sites is 2. The number of hydrogen-bond donors (Lipinski definition) is 2. The van der Waals surface area contributed by atoms with Crippen LogP contribution in [0.15, 0.2) is 72.8 Å². The Morgan fingerprint density at radius 1 is 1.00 bits per heavy atom. The Bertz CT molecular complexity index is 1570. The third kappa shape index (κ3) is 3.89. The van der Waals surface area contributed by atoms with Gasteiger partial charge in [-0.3, -0.25) is 9.59 Å². The van der Waals surface area contributed by atoms with E-state index in [-0.39, 0.29) is 30.0 Å². The van der Waals surface area contributed by atoms with Gasteiger partial charge in [0, 0.05) is 44.0 Å². The van der Waals surface area contributed by atoms with Gasteiger partial charge in [-0.1, -0.05) is 42.5 Å². The lowest BCUT2D eigenvalue weighted by atomic mass is 9.96. The van der Waals surface area contributed by atoms with Crippen molar-refractivity contribution in [2.45, 2.75) is 32.1 Å². The Balaban J connectivity index is 1.28. The summed E-state index contributed by atoms with van der Waals surface area (Å²) in [5.74, 6) is -1.03. The van der Waals surface area contributed by atoms with Crippen molar-refractivity contribution < 1.29 is 19.5 Å². The summed E-state index contributed by atoms with van der Waals surface area (Å²) in [4.78, 5) is 41.5. The van der Waals surface area contributed by atoms with Gasteiger partial charge in [-0.05, 0) is 47.9 Å². The van der Waals surface area contributed by atoms with Crippen LogP contribution in [-0.4, -0.2) is 45.9 Å². The summed E-state index contributed by atoms with van der Waals surface area (Å²) in [6.45, 7) is 1.45. The molecule has 0 unspecified atom stereocenters. The molecular weight excluding hydrogens is 480 g/mol. The molecule has 2 N–H and O–H groups in total. The standard InChI is InChI=1S/C30H28N4O4/c1-32-24-8-4-3-7-23(24)29(36)34-16-14-22-21-6-2-5-9-25(21)33(27(22)28(32)34)17-15-26(35)31-18-19-10-12-20(13-11-19)30(37)38/h2-13,28H,14-18H2,1H3,(H,31,35)(H,37,38)/t28-/m1/s1. The number of anilines is 1. The number of nitrogens with one attached hydrogen (secondary N) is 1. The second kappa shape index (κ2) is 9.37. The van der Waals surface area contributed by atoms with E-state index in [4.69, 9.17) is 5.11 Å². The van der Waals surface area contributed by atoms with E-state index >= 15 is 0 Å². The van der Waals surface area contributed by atoms with Crippen molar-refractivity contribution >= 4 is 34.4 Å². The van der Waals surface area contributed by atoms with Crippen LogP contribution in [0.5, 0.6) is 0 Å². The van der Waals surface area contributed by atoms with Gasteiger partial charge in [0.15, 0.2) is 0 Å². The lowest BCUT2D eigenvalue weighted by Gasteiger charge is -2.46. The van der Waals surface area contributed by atoms with Crippen LogP contribution in [0.4, 0.5) is 5.69 Å². The van der Waals surface area contributed by atoms with E-state index in [0.29, 0.717) is 25.2 Å². The first kappa shape index (κ1) is 23.8. The Kier molecular flexibility index (Phi) is 5.87. The molecule has 0 spiro atoms. The molecule has 2 aliphatic heterocycles. The van der Waals surface area contributed by atoms with Gasteiger partial charge in [-0.25, -0.2) is 4.79 Å². The third-order valence-electron chi connectivity index (χ3n) is 7.66. The number of aromatic carboxylic acids is 1. The average Bonchev–Trinajstić information content (AvgIpc) is 3.27. The van der Waals surface area contributed by atoms with Gasteiger partial charge >= 0.3 is 5.97 Å². The Labute approximate surface area is 220 Å². The van der Waals surface area contributed by atoms with Crippen LogP contribution < -0.4 is 10.2 Å². The molecule has 0 bridgehead atoms. The highest BCUT2D eigenvalue weighted by Gasteiger charge is 2.42. The van der Waals surface area contributed by atoms with Crippen LogP contribution in [0.2, 0.25) is 0 Å². The number of nitrogens with zero attached hydrogens (tertiary/aromatic N) is 3. The van der Waals surface area contributed by atoms with Crippen molar-refractivity contribution in [1.82, 2.24) is 14.8 Å². The summed E-state index contributed by atoms with van der Waals surface area (Å²) in [5, 5.41) is 13.2. The van der Waals surface area contributed by atoms with E-state index in [1.807, 2.05) is 48.3 Å². The molecule has 3 heterocycles. The minimum atomic E-state index is -0.977. The minimum Gasteiger partial charge on any atom is -0.478 e. The maximum atomic E-state index is 13.5. The first-order valence-corrected chi connectivity index (χ1v) is 12.8. The molecule has 6 rings (SSSR count). The summed E-state index contributed by atoms with van der Waals surface area (Å²) >= 11 is 0.